The fourth-order valence-electron chi connectivity index (χ4n) is 8.91. The Labute approximate surface area is 596 Å². The largest absolute Gasteiger partial charge is 0.508 e. The zero-order valence-corrected chi connectivity index (χ0v) is 59.4. The Morgan fingerprint density at radius 2 is 0.949 bits per heavy atom. The van der Waals surface area contributed by atoms with E-state index in [0.717, 1.165) is 107 Å². The van der Waals surface area contributed by atoms with E-state index < -0.39 is 23.5 Å². The number of aromatic hydroxyl groups is 1. The summed E-state index contributed by atoms with van der Waals surface area (Å²) in [4.78, 5) is 29.5. The van der Waals surface area contributed by atoms with Crippen LogP contribution in [0.15, 0.2) is 151 Å². The summed E-state index contributed by atoms with van der Waals surface area (Å²) in [6.07, 6.45) is 5.80. The number of hydrogen-bond acceptors (Lipinski definition) is 15. The van der Waals surface area contributed by atoms with Crippen LogP contribution in [0, 0.1) is 7.43 Å². The zero-order chi connectivity index (χ0) is 66.4. The number of amides is 1. The van der Waals surface area contributed by atoms with Crippen molar-refractivity contribution in [2.24, 2.45) is 33.9 Å². The number of alkyl carbamates (subject to hydrolysis) is 1. The van der Waals surface area contributed by atoms with Crippen LogP contribution in [0.25, 0.3) is 45.6 Å². The Kier molecular flexibility index (Phi) is 37.6. The average Bonchev–Trinajstić information content (AvgIpc) is 1.59. The summed E-state index contributed by atoms with van der Waals surface area (Å²) in [6, 6.07) is 39.1. The number of nitrogens with two attached hydrogens (primary N) is 1. The van der Waals surface area contributed by atoms with Crippen LogP contribution in [0.3, 0.4) is 0 Å². The van der Waals surface area contributed by atoms with Gasteiger partial charge in [-0.2, -0.15) is 20.4 Å². The Balaban J connectivity index is 0.000000651. The molecule has 0 radical (unpaired) electrons. The molecular weight excluding hydrogens is 1450 g/mol. The van der Waals surface area contributed by atoms with Crippen LogP contribution in [0.2, 0.25) is 0 Å². The number of phenolic OH excluding ortho intramolecular Hbond substituents is 1. The second-order valence-corrected chi connectivity index (χ2v) is 22.7. The van der Waals surface area contributed by atoms with Crippen LogP contribution < -0.4 is 25.3 Å². The number of nitrogens with one attached hydrogen (secondary N) is 1. The van der Waals surface area contributed by atoms with E-state index in [1.807, 2.05) is 124 Å². The van der Waals surface area contributed by atoms with Crippen molar-refractivity contribution in [1.82, 2.24) is 64.4 Å². The minimum Gasteiger partial charge on any atom is -0.508 e. The van der Waals surface area contributed by atoms with Gasteiger partial charge in [0.25, 0.3) is 5.92 Å². The van der Waals surface area contributed by atoms with E-state index in [4.69, 9.17) is 24.7 Å². The molecule has 5 aromatic carbocycles. The Hall–Kier alpha value is -8.73. The fraction of sp³-hybridized carbons (Fsp3) is 0.389. The summed E-state index contributed by atoms with van der Waals surface area (Å²) in [6.45, 7) is 12.4. The minimum atomic E-state index is -2.66. The van der Waals surface area contributed by atoms with Crippen molar-refractivity contribution in [3.63, 3.8) is 0 Å². The van der Waals surface area contributed by atoms with E-state index in [2.05, 4.69) is 66.4 Å². The van der Waals surface area contributed by atoms with Crippen LogP contribution in [-0.4, -0.2) is 108 Å². The van der Waals surface area contributed by atoms with Crippen LogP contribution >= 0.6 is 12.4 Å². The zero-order valence-electron chi connectivity index (χ0n) is 55.6. The summed E-state index contributed by atoms with van der Waals surface area (Å²) in [5, 5.41) is 29.0. The first-order valence-corrected chi connectivity index (χ1v) is 30.4. The Morgan fingerprint density at radius 3 is 1.31 bits per heavy atom. The monoisotopic (exact) mass is 1550 g/mol. The first kappa shape index (κ1) is 87.3. The average molecular weight is 1550 g/mol. The van der Waals surface area contributed by atoms with Gasteiger partial charge < -0.3 is 42.5 Å². The molecule has 26 heteroatoms. The first-order chi connectivity index (χ1) is 44.1. The third kappa shape index (κ3) is 26.6. The van der Waals surface area contributed by atoms with Crippen molar-refractivity contribution in [2.75, 3.05) is 26.3 Å². The van der Waals surface area contributed by atoms with Gasteiger partial charge in [-0.25, -0.2) is 61.0 Å². The molecule has 1 unspecified atom stereocenters. The van der Waals surface area contributed by atoms with E-state index in [-0.39, 0.29) is 113 Å². The van der Waals surface area contributed by atoms with Gasteiger partial charge in [-0.3, -0.25) is 0 Å². The van der Waals surface area contributed by atoms with Crippen molar-refractivity contribution < 1.29 is 67.5 Å². The Bertz CT molecular complexity index is 3820. The van der Waals surface area contributed by atoms with E-state index in [1.54, 1.807) is 70.8 Å². The summed E-state index contributed by atoms with van der Waals surface area (Å²) < 4.78 is 80.7. The summed E-state index contributed by atoms with van der Waals surface area (Å²) >= 11 is 0. The van der Waals surface area contributed by atoms with Gasteiger partial charge >= 0.3 is 6.09 Å². The molecule has 1 atom stereocenters. The molecule has 4 aromatic heterocycles. The number of aryl methyl sites for hydroxylation is 7. The maximum Gasteiger partial charge on any atom is 0.407 e. The SMILES string of the molecule is C.C.C.CCCc1nc(-c2ccc(O)cc2)n(C)n1.CCCc1nc(-c2ccc(OC/C(=C/F)CN)cc2)n(C)n1.CCCc1nc(-c2ccc(OC/C(=C/F)CNC(=O)OC(C)(C)C)cc2)n(C)n1.Cl.Cn1nc(C2CC2(F)F)nc1-c1ccc(OCc2ccccc2)cc1.[CH3-].[W]. The molecule has 1 aliphatic rings. The van der Waals surface area contributed by atoms with Gasteiger partial charge in [0, 0.05) is 121 Å². The molecule has 0 saturated heterocycles. The van der Waals surface area contributed by atoms with Crippen LogP contribution in [0.5, 0.6) is 23.0 Å². The summed E-state index contributed by atoms with van der Waals surface area (Å²) in [5.41, 5.74) is 10.2. The number of nitrogens with zero attached hydrogens (tertiary/aromatic N) is 12. The van der Waals surface area contributed by atoms with Crippen LogP contribution in [0.4, 0.5) is 22.4 Å². The first-order valence-electron chi connectivity index (χ1n) is 30.4. The second kappa shape index (κ2) is 42.2. The molecule has 9 aromatic rings. The number of carbonyl (C=O) groups excluding carboxylic acids is 1. The molecule has 98 heavy (non-hydrogen) atoms. The van der Waals surface area contributed by atoms with Gasteiger partial charge in [-0.05, 0) is 143 Å². The third-order valence-corrected chi connectivity index (χ3v) is 13.7. The molecule has 0 spiro atoms. The van der Waals surface area contributed by atoms with Gasteiger partial charge in [-0.1, -0.05) is 73.4 Å². The number of carbonyl (C=O) groups is 1. The minimum absolute atomic E-state index is 0. The number of aromatic nitrogens is 12. The Morgan fingerprint density at radius 1 is 0.592 bits per heavy atom. The quantitative estimate of drug-likeness (QED) is 0.0399. The van der Waals surface area contributed by atoms with Crippen molar-refractivity contribution in [3.8, 4) is 68.5 Å². The number of alkyl halides is 2. The van der Waals surface area contributed by atoms with Gasteiger partial charge in [-0.15, -0.1) is 12.4 Å². The topological polar surface area (TPSA) is 235 Å². The number of phenols is 1. The summed E-state index contributed by atoms with van der Waals surface area (Å²) in [7, 11) is 7.34. The van der Waals surface area contributed by atoms with E-state index in [0.29, 0.717) is 42.2 Å². The van der Waals surface area contributed by atoms with Gasteiger partial charge in [0.15, 0.2) is 46.6 Å². The van der Waals surface area contributed by atoms with Crippen LogP contribution in [-0.2, 0) is 79.9 Å². The molecule has 1 amide bonds. The molecule has 0 aliphatic heterocycles. The maximum absolute atomic E-state index is 13.2. The smallest absolute Gasteiger partial charge is 0.407 e. The number of hydrogen-bond donors (Lipinski definition) is 3. The second-order valence-electron chi connectivity index (χ2n) is 22.7. The van der Waals surface area contributed by atoms with Crippen molar-refractivity contribution in [1.29, 1.82) is 0 Å². The maximum atomic E-state index is 13.2. The molecule has 1 saturated carbocycles. The molecule has 20 nitrogen and oxygen atoms in total. The third-order valence-electron chi connectivity index (χ3n) is 13.7. The number of halogens is 5. The molecule has 4 heterocycles. The predicted octanol–water partition coefficient (Wildman–Crippen LogP) is 15.9. The van der Waals surface area contributed by atoms with Crippen molar-refractivity contribution in [2.45, 2.75) is 133 Å². The van der Waals surface area contributed by atoms with Gasteiger partial charge in [0.2, 0.25) is 0 Å². The molecule has 0 bridgehead atoms. The molecule has 1 fully saturated rings. The number of benzene rings is 5. The van der Waals surface area contributed by atoms with Gasteiger partial charge in [0.1, 0.15) is 48.4 Å². The molecular formula is C72H98ClF4N14O6W-. The molecule has 534 valence electrons. The predicted molar refractivity (Wildman–Crippen MR) is 379 cm³/mol. The van der Waals surface area contributed by atoms with Crippen molar-refractivity contribution in [3.05, 3.63) is 187 Å². The normalized spacial score (nSPS) is 12.5. The molecule has 10 rings (SSSR count). The van der Waals surface area contributed by atoms with E-state index >= 15 is 0 Å². The van der Waals surface area contributed by atoms with Crippen LogP contribution in [0.1, 0.15) is 124 Å². The molecule has 4 N–H and O–H groups in total. The standard InChI is InChI=1S/C21H29FN4O3.C19H17F2N3O.C16H21FN4O.C12H15N3O.3CH4.CH3.ClH.W/c1-6-7-18-24-19(26(5)25-18)16-8-10-17(11-9-16)28-14-15(12-22)13-23-20(27)29-21(2,3)4;1-24-18(22-17(23-24)16-11-19(16,20)21)14-7-9-15(10-8-14)25-12-13-5-3-2-4-6-13;1-3-4-15-19-16(21(2)20-15)13-5-7-14(8-6-13)22-11-12(9-17)10-18;1-3-4-11-13-12(15(2)14-11)9-5-7-10(16)8-6-9;;;;;;/h8-12H,6-7,13-14H2,1-5H3,(H,23,27);2-10,16H,11-12H2,1H3;5-9H,3-4,10-11,18H2,1-2H3;5-8,16H,3-4H2,1-2H3;3*1H4;1H3;1H;/q;;;;;;;-1;;/b15-12+;;12-9+;;;;;;;. The fourth-order valence-corrected chi connectivity index (χ4v) is 8.91. The van der Waals surface area contributed by atoms with E-state index in [9.17, 15) is 27.5 Å². The van der Waals surface area contributed by atoms with Crippen molar-refractivity contribution >= 4 is 18.5 Å². The summed E-state index contributed by atoms with van der Waals surface area (Å²) in [5.74, 6) is 4.51. The number of rotatable bonds is 23. The van der Waals surface area contributed by atoms with E-state index in [1.165, 1.54) is 0 Å². The van der Waals surface area contributed by atoms with Gasteiger partial charge in [0.05, 0.1) is 18.6 Å². The number of ether oxygens (including phenoxy) is 4. The molecule has 1 aliphatic carbocycles.